The normalized spacial score (nSPS) is 11.7. The lowest BCUT2D eigenvalue weighted by Crippen LogP contribution is -2.18. The molecular weight excluding hydrogens is 318 g/mol. The molecule has 0 aliphatic carbocycles. The number of hydrogen-bond acceptors (Lipinski definition) is 5. The van der Waals surface area contributed by atoms with E-state index < -0.39 is 27.4 Å². The molecule has 120 valence electrons. The summed E-state index contributed by atoms with van der Waals surface area (Å²) in [5, 5.41) is 10.9. The molecule has 23 heavy (non-hydrogen) atoms. The average molecular weight is 333 g/mol. The van der Waals surface area contributed by atoms with Crippen molar-refractivity contribution in [3.63, 3.8) is 0 Å². The number of nitro benzene ring substituents is 1. The molecule has 0 radical (unpaired) electrons. The van der Waals surface area contributed by atoms with E-state index in [0.717, 1.165) is 11.1 Å². The van der Waals surface area contributed by atoms with Gasteiger partial charge in [0.25, 0.3) is 5.69 Å². The number of nitrogens with zero attached hydrogens (tertiary/aromatic N) is 1. The van der Waals surface area contributed by atoms with Gasteiger partial charge in [-0.2, -0.15) is 0 Å². The fourth-order valence-corrected chi connectivity index (χ4v) is 2.99. The highest BCUT2D eigenvalue weighted by atomic mass is 32.2. The first-order valence-corrected chi connectivity index (χ1v) is 8.10. The molecule has 0 aromatic heterocycles. The van der Waals surface area contributed by atoms with Gasteiger partial charge in [-0.05, 0) is 37.1 Å². The SMILES string of the molecule is Cc1ccc(C)c(OC(=O)C[S@@](=O)c2ccccc2[N+](=O)[O-])c1. The van der Waals surface area contributed by atoms with Gasteiger partial charge in [-0.25, -0.2) is 0 Å². The van der Waals surface area contributed by atoms with Gasteiger partial charge in [0.15, 0.2) is 0 Å². The first-order chi connectivity index (χ1) is 10.9. The number of hydrogen-bond donors (Lipinski definition) is 0. The summed E-state index contributed by atoms with van der Waals surface area (Å²) >= 11 is 0. The van der Waals surface area contributed by atoms with Crippen LogP contribution in [0.5, 0.6) is 5.75 Å². The van der Waals surface area contributed by atoms with E-state index in [4.69, 9.17) is 4.74 Å². The Hall–Kier alpha value is -2.54. The molecule has 2 aromatic rings. The van der Waals surface area contributed by atoms with Gasteiger partial charge in [0.05, 0.1) is 15.7 Å². The topological polar surface area (TPSA) is 86.5 Å². The van der Waals surface area contributed by atoms with Crippen LogP contribution in [0.4, 0.5) is 5.69 Å². The van der Waals surface area contributed by atoms with Crippen molar-refractivity contribution >= 4 is 22.5 Å². The standard InChI is InChI=1S/C16H15NO5S/c1-11-7-8-12(2)14(9-11)22-16(18)10-23(21)15-6-4-3-5-13(15)17(19)20/h3-9H,10H2,1-2H3/t23-/m1/s1. The van der Waals surface area contributed by atoms with Crippen molar-refractivity contribution in [3.8, 4) is 5.75 Å². The third-order valence-electron chi connectivity index (χ3n) is 3.12. The highest BCUT2D eigenvalue weighted by Gasteiger charge is 2.21. The van der Waals surface area contributed by atoms with Crippen LogP contribution in [0.25, 0.3) is 0 Å². The van der Waals surface area contributed by atoms with Crippen LogP contribution < -0.4 is 4.74 Å². The van der Waals surface area contributed by atoms with E-state index in [9.17, 15) is 19.1 Å². The van der Waals surface area contributed by atoms with E-state index in [1.54, 1.807) is 13.0 Å². The first kappa shape index (κ1) is 16.8. The molecule has 2 aromatic carbocycles. The van der Waals surface area contributed by atoms with E-state index in [2.05, 4.69) is 0 Å². The number of carbonyl (C=O) groups excluding carboxylic acids is 1. The molecule has 0 aliphatic rings. The number of para-hydroxylation sites is 1. The molecule has 6 nitrogen and oxygen atoms in total. The number of nitro groups is 1. The number of ether oxygens (including phenoxy) is 1. The van der Waals surface area contributed by atoms with Gasteiger partial charge in [-0.15, -0.1) is 0 Å². The van der Waals surface area contributed by atoms with Gasteiger partial charge in [-0.1, -0.05) is 24.3 Å². The zero-order valence-electron chi connectivity index (χ0n) is 12.6. The molecule has 0 heterocycles. The van der Waals surface area contributed by atoms with Crippen molar-refractivity contribution < 1.29 is 18.7 Å². The molecular formula is C16H15NO5S. The van der Waals surface area contributed by atoms with E-state index in [-0.39, 0.29) is 10.6 Å². The smallest absolute Gasteiger partial charge is 0.324 e. The fraction of sp³-hybridized carbons (Fsp3) is 0.188. The third kappa shape index (κ3) is 4.23. The zero-order valence-corrected chi connectivity index (χ0v) is 13.5. The summed E-state index contributed by atoms with van der Waals surface area (Å²) in [7, 11) is -1.85. The van der Waals surface area contributed by atoms with Gasteiger partial charge in [0, 0.05) is 6.07 Å². The molecule has 0 fully saturated rings. The minimum atomic E-state index is -1.85. The van der Waals surface area contributed by atoms with Crippen LogP contribution >= 0.6 is 0 Å². The molecule has 0 aliphatic heterocycles. The summed E-state index contributed by atoms with van der Waals surface area (Å²) in [4.78, 5) is 22.3. The first-order valence-electron chi connectivity index (χ1n) is 6.78. The number of aryl methyl sites for hydroxylation is 2. The Balaban J connectivity index is 2.13. The number of esters is 1. The maximum absolute atomic E-state index is 12.2. The molecule has 0 saturated heterocycles. The highest BCUT2D eigenvalue weighted by molar-refractivity contribution is 7.85. The van der Waals surface area contributed by atoms with Crippen molar-refractivity contribution in [2.45, 2.75) is 18.7 Å². The lowest BCUT2D eigenvalue weighted by molar-refractivity contribution is -0.387. The fourth-order valence-electron chi connectivity index (χ4n) is 1.95. The van der Waals surface area contributed by atoms with E-state index in [1.165, 1.54) is 24.3 Å². The summed E-state index contributed by atoms with van der Waals surface area (Å²) in [6.07, 6.45) is 0. The van der Waals surface area contributed by atoms with Crippen molar-refractivity contribution in [1.82, 2.24) is 0 Å². The third-order valence-corrected chi connectivity index (χ3v) is 4.46. The van der Waals surface area contributed by atoms with Crippen LogP contribution in [0, 0.1) is 24.0 Å². The Labute approximate surface area is 135 Å². The lowest BCUT2D eigenvalue weighted by Gasteiger charge is -2.08. The van der Waals surface area contributed by atoms with Crippen LogP contribution in [0.3, 0.4) is 0 Å². The van der Waals surface area contributed by atoms with E-state index in [1.807, 2.05) is 19.1 Å². The zero-order chi connectivity index (χ0) is 17.0. The lowest BCUT2D eigenvalue weighted by atomic mass is 10.1. The Bertz CT molecular complexity index is 788. The monoisotopic (exact) mass is 333 g/mol. The molecule has 0 unspecified atom stereocenters. The molecule has 7 heteroatoms. The highest BCUT2D eigenvalue weighted by Crippen LogP contribution is 2.23. The Kier molecular flexibility index (Phi) is 5.23. The quantitative estimate of drug-likeness (QED) is 0.363. The molecule has 2 rings (SSSR count). The number of benzene rings is 2. The average Bonchev–Trinajstić information content (AvgIpc) is 2.50. The van der Waals surface area contributed by atoms with Gasteiger partial charge < -0.3 is 4.74 Å². The predicted molar refractivity (Wildman–Crippen MR) is 85.9 cm³/mol. The second kappa shape index (κ2) is 7.15. The van der Waals surface area contributed by atoms with Crippen LogP contribution in [0.15, 0.2) is 47.4 Å². The predicted octanol–water partition coefficient (Wildman–Crippen LogP) is 2.92. The van der Waals surface area contributed by atoms with Gasteiger partial charge >= 0.3 is 5.97 Å². The Morgan fingerprint density at radius 3 is 2.61 bits per heavy atom. The molecule has 0 spiro atoms. The second-order valence-corrected chi connectivity index (χ2v) is 6.38. The van der Waals surface area contributed by atoms with Gasteiger partial charge in [0.1, 0.15) is 16.4 Å². The minimum Gasteiger partial charge on any atom is -0.426 e. The van der Waals surface area contributed by atoms with Crippen molar-refractivity contribution in [3.05, 3.63) is 63.7 Å². The molecule has 0 amide bonds. The summed E-state index contributed by atoms with van der Waals surface area (Å²) in [6, 6.07) is 11.1. The van der Waals surface area contributed by atoms with Crippen LogP contribution in [-0.4, -0.2) is 20.9 Å². The van der Waals surface area contributed by atoms with Crippen molar-refractivity contribution in [1.29, 1.82) is 0 Å². The summed E-state index contributed by atoms with van der Waals surface area (Å²) in [5.41, 5.74) is 1.43. The van der Waals surface area contributed by atoms with Crippen LogP contribution in [0.2, 0.25) is 0 Å². The number of carbonyl (C=O) groups is 1. The summed E-state index contributed by atoms with van der Waals surface area (Å²) in [5.74, 6) is -0.747. The summed E-state index contributed by atoms with van der Waals surface area (Å²) < 4.78 is 17.4. The van der Waals surface area contributed by atoms with Crippen molar-refractivity contribution in [2.24, 2.45) is 0 Å². The van der Waals surface area contributed by atoms with Gasteiger partial charge in [0.2, 0.25) is 0 Å². The van der Waals surface area contributed by atoms with Crippen LogP contribution in [0.1, 0.15) is 11.1 Å². The molecule has 0 saturated carbocycles. The van der Waals surface area contributed by atoms with Crippen molar-refractivity contribution in [2.75, 3.05) is 5.75 Å². The van der Waals surface area contributed by atoms with E-state index >= 15 is 0 Å². The van der Waals surface area contributed by atoms with Gasteiger partial charge in [-0.3, -0.25) is 19.1 Å². The largest absolute Gasteiger partial charge is 0.426 e. The maximum Gasteiger partial charge on any atom is 0.324 e. The number of rotatable bonds is 5. The van der Waals surface area contributed by atoms with Crippen LogP contribution in [-0.2, 0) is 15.6 Å². The molecule has 0 N–H and O–H groups in total. The minimum absolute atomic E-state index is 0.00964. The summed E-state index contributed by atoms with van der Waals surface area (Å²) in [6.45, 7) is 3.66. The Morgan fingerprint density at radius 1 is 1.22 bits per heavy atom. The molecule has 0 bridgehead atoms. The molecule has 1 atom stereocenters. The second-order valence-electron chi connectivity index (χ2n) is 4.96. The van der Waals surface area contributed by atoms with E-state index in [0.29, 0.717) is 5.75 Å². The maximum atomic E-state index is 12.2. The Morgan fingerprint density at radius 2 is 1.91 bits per heavy atom.